The van der Waals surface area contributed by atoms with Gasteiger partial charge in [-0.3, -0.25) is 4.79 Å². The maximum absolute atomic E-state index is 12.9. The zero-order valence-electron chi connectivity index (χ0n) is 18.4. The lowest BCUT2D eigenvalue weighted by molar-refractivity contribution is 0.0944. The predicted molar refractivity (Wildman–Crippen MR) is 121 cm³/mol. The molecular weight excluding hydrogens is 400 g/mol. The Morgan fingerprint density at radius 1 is 1.13 bits per heavy atom. The molecule has 0 unspecified atom stereocenters. The number of rotatable bonds is 10. The maximum atomic E-state index is 12.9. The molecule has 0 fully saturated rings. The van der Waals surface area contributed by atoms with Gasteiger partial charge in [-0.1, -0.05) is 27.7 Å². The van der Waals surface area contributed by atoms with Crippen LogP contribution in [-0.4, -0.2) is 41.5 Å². The molecule has 1 heterocycles. The summed E-state index contributed by atoms with van der Waals surface area (Å²) >= 11 is 1.39. The summed E-state index contributed by atoms with van der Waals surface area (Å²) < 4.78 is 5.43. The van der Waals surface area contributed by atoms with Gasteiger partial charge in [0.15, 0.2) is 0 Å². The van der Waals surface area contributed by atoms with Gasteiger partial charge in [-0.25, -0.2) is 9.78 Å². The Labute approximate surface area is 182 Å². The van der Waals surface area contributed by atoms with Crippen molar-refractivity contribution in [3.63, 3.8) is 0 Å². The van der Waals surface area contributed by atoms with E-state index in [1.54, 1.807) is 10.3 Å². The van der Waals surface area contributed by atoms with Gasteiger partial charge in [0, 0.05) is 24.2 Å². The average Bonchev–Trinajstić information content (AvgIpc) is 3.15. The van der Waals surface area contributed by atoms with E-state index in [0.717, 1.165) is 10.8 Å². The fourth-order valence-electron chi connectivity index (χ4n) is 2.70. The summed E-state index contributed by atoms with van der Waals surface area (Å²) in [6.07, 6.45) is 0. The van der Waals surface area contributed by atoms with Crippen molar-refractivity contribution in [2.45, 2.75) is 41.2 Å². The van der Waals surface area contributed by atoms with Crippen LogP contribution < -0.4 is 15.4 Å². The van der Waals surface area contributed by atoms with E-state index in [1.807, 2.05) is 45.0 Å². The minimum absolute atomic E-state index is 0.180. The first-order valence-corrected chi connectivity index (χ1v) is 11.2. The van der Waals surface area contributed by atoms with Gasteiger partial charge in [-0.05, 0) is 43.0 Å². The number of carbonyl (C=O) groups is 2. The van der Waals surface area contributed by atoms with Gasteiger partial charge in [0.05, 0.1) is 13.2 Å². The number of hydrogen-bond donors (Lipinski definition) is 2. The lowest BCUT2D eigenvalue weighted by atomic mass is 10.2. The Balaban J connectivity index is 2.03. The van der Waals surface area contributed by atoms with Gasteiger partial charge in [-0.2, -0.15) is 0 Å². The second-order valence-electron chi connectivity index (χ2n) is 7.89. The van der Waals surface area contributed by atoms with Gasteiger partial charge < -0.3 is 20.3 Å². The fraction of sp³-hybridized carbons (Fsp3) is 0.500. The van der Waals surface area contributed by atoms with Gasteiger partial charge in [0.1, 0.15) is 16.5 Å². The van der Waals surface area contributed by atoms with Crippen LogP contribution in [0.5, 0.6) is 5.75 Å². The maximum Gasteiger partial charge on any atom is 0.322 e. The molecule has 164 valence electrons. The molecule has 0 radical (unpaired) electrons. The molecule has 7 nitrogen and oxygen atoms in total. The highest BCUT2D eigenvalue weighted by atomic mass is 32.1. The highest BCUT2D eigenvalue weighted by molar-refractivity contribution is 7.09. The van der Waals surface area contributed by atoms with E-state index < -0.39 is 0 Å². The molecule has 30 heavy (non-hydrogen) atoms. The molecular formula is C22H32N4O3S. The van der Waals surface area contributed by atoms with E-state index in [-0.39, 0.29) is 11.9 Å². The Morgan fingerprint density at radius 2 is 1.83 bits per heavy atom. The number of carbonyl (C=O) groups excluding carboxylic acids is 2. The molecule has 0 bridgehead atoms. The van der Waals surface area contributed by atoms with E-state index in [2.05, 4.69) is 29.5 Å². The van der Waals surface area contributed by atoms with Gasteiger partial charge in [0.25, 0.3) is 5.91 Å². The Kier molecular flexibility index (Phi) is 9.11. The van der Waals surface area contributed by atoms with Crippen molar-refractivity contribution in [1.82, 2.24) is 15.2 Å². The summed E-state index contributed by atoms with van der Waals surface area (Å²) in [6, 6.07) is 7.09. The normalized spacial score (nSPS) is 10.9. The van der Waals surface area contributed by atoms with Crippen molar-refractivity contribution in [2.24, 2.45) is 11.8 Å². The summed E-state index contributed by atoms with van der Waals surface area (Å²) in [7, 11) is 0. The van der Waals surface area contributed by atoms with Crippen LogP contribution in [0.1, 0.15) is 50.1 Å². The summed E-state index contributed by atoms with van der Waals surface area (Å²) in [5.74, 6) is 1.26. The lowest BCUT2D eigenvalue weighted by Gasteiger charge is -2.24. The van der Waals surface area contributed by atoms with E-state index in [9.17, 15) is 9.59 Å². The predicted octanol–water partition coefficient (Wildman–Crippen LogP) is 4.62. The van der Waals surface area contributed by atoms with Crippen LogP contribution in [-0.2, 0) is 6.54 Å². The molecule has 0 atom stereocenters. The Hall–Kier alpha value is -2.61. The van der Waals surface area contributed by atoms with E-state index in [1.165, 1.54) is 11.3 Å². The van der Waals surface area contributed by atoms with Crippen LogP contribution in [0.25, 0.3) is 0 Å². The van der Waals surface area contributed by atoms with Crippen molar-refractivity contribution in [3.8, 4) is 5.75 Å². The molecule has 3 amide bonds. The summed E-state index contributed by atoms with van der Waals surface area (Å²) in [4.78, 5) is 31.2. The number of thiazole rings is 1. The van der Waals surface area contributed by atoms with Crippen LogP contribution >= 0.6 is 11.3 Å². The number of nitrogens with zero attached hydrogens (tertiary/aromatic N) is 2. The van der Waals surface area contributed by atoms with Gasteiger partial charge in [0.2, 0.25) is 0 Å². The third-order valence-corrected chi connectivity index (χ3v) is 4.90. The number of amides is 3. The Bertz CT molecular complexity index is 818. The van der Waals surface area contributed by atoms with Crippen LogP contribution in [0, 0.1) is 11.8 Å². The molecule has 0 aliphatic heterocycles. The molecule has 8 heteroatoms. The molecule has 0 aliphatic rings. The Morgan fingerprint density at radius 3 is 2.43 bits per heavy atom. The van der Waals surface area contributed by atoms with E-state index >= 15 is 0 Å². The third-order valence-electron chi connectivity index (χ3n) is 4.07. The van der Waals surface area contributed by atoms with E-state index in [4.69, 9.17) is 4.74 Å². The molecule has 0 spiro atoms. The molecule has 2 aromatic rings. The number of nitrogens with one attached hydrogen (secondary N) is 2. The monoisotopic (exact) mass is 432 g/mol. The standard InChI is InChI=1S/C22H32N4O3S/c1-6-29-18-9-7-17(8-10-18)24-22(28)26(12-16(4)5)13-20-25-19(14-30-20)21(27)23-11-15(2)3/h7-10,14-16H,6,11-13H2,1-5H3,(H,23,27)(H,24,28). The molecule has 1 aromatic carbocycles. The zero-order chi connectivity index (χ0) is 22.1. The number of benzene rings is 1. The van der Waals surface area contributed by atoms with Crippen molar-refractivity contribution in [1.29, 1.82) is 0 Å². The molecule has 2 rings (SSSR count). The number of anilines is 1. The zero-order valence-corrected chi connectivity index (χ0v) is 19.2. The first-order chi connectivity index (χ1) is 14.3. The van der Waals surface area contributed by atoms with Crippen molar-refractivity contribution in [2.75, 3.05) is 25.0 Å². The first-order valence-electron chi connectivity index (χ1n) is 10.3. The topological polar surface area (TPSA) is 83.6 Å². The average molecular weight is 433 g/mol. The van der Waals surface area contributed by atoms with Crippen molar-refractivity contribution >= 4 is 29.0 Å². The van der Waals surface area contributed by atoms with Crippen molar-refractivity contribution in [3.05, 3.63) is 40.3 Å². The molecule has 2 N–H and O–H groups in total. The van der Waals surface area contributed by atoms with E-state index in [0.29, 0.717) is 49.5 Å². The second kappa shape index (κ2) is 11.5. The van der Waals surface area contributed by atoms with Crippen LogP contribution in [0.4, 0.5) is 10.5 Å². The third kappa shape index (κ3) is 7.67. The number of hydrogen-bond acceptors (Lipinski definition) is 5. The van der Waals surface area contributed by atoms with Crippen LogP contribution in [0.2, 0.25) is 0 Å². The number of aromatic nitrogens is 1. The summed E-state index contributed by atoms with van der Waals surface area (Å²) in [6.45, 7) is 12.3. The number of urea groups is 1. The lowest BCUT2D eigenvalue weighted by Crippen LogP contribution is -2.37. The quantitative estimate of drug-likeness (QED) is 0.574. The smallest absolute Gasteiger partial charge is 0.322 e. The fourth-order valence-corrected chi connectivity index (χ4v) is 3.49. The molecule has 0 saturated carbocycles. The molecule has 1 aromatic heterocycles. The van der Waals surface area contributed by atoms with Gasteiger partial charge in [-0.15, -0.1) is 11.3 Å². The van der Waals surface area contributed by atoms with Crippen LogP contribution in [0.3, 0.4) is 0 Å². The summed E-state index contributed by atoms with van der Waals surface area (Å²) in [5, 5.41) is 8.26. The highest BCUT2D eigenvalue weighted by Crippen LogP contribution is 2.18. The molecule has 0 saturated heterocycles. The minimum atomic E-state index is -0.200. The number of ether oxygens (including phenoxy) is 1. The molecule has 0 aliphatic carbocycles. The van der Waals surface area contributed by atoms with Crippen LogP contribution in [0.15, 0.2) is 29.6 Å². The van der Waals surface area contributed by atoms with Crippen molar-refractivity contribution < 1.29 is 14.3 Å². The second-order valence-corrected chi connectivity index (χ2v) is 8.83. The largest absolute Gasteiger partial charge is 0.494 e. The highest BCUT2D eigenvalue weighted by Gasteiger charge is 2.19. The summed E-state index contributed by atoms with van der Waals surface area (Å²) in [5.41, 5.74) is 1.09. The van der Waals surface area contributed by atoms with Gasteiger partial charge >= 0.3 is 6.03 Å². The first kappa shape index (κ1) is 23.7. The SMILES string of the molecule is CCOc1ccc(NC(=O)N(Cc2nc(C(=O)NCC(C)C)cs2)CC(C)C)cc1. The minimum Gasteiger partial charge on any atom is -0.494 e.